The van der Waals surface area contributed by atoms with Crippen molar-refractivity contribution in [1.29, 1.82) is 0 Å². The van der Waals surface area contributed by atoms with Gasteiger partial charge in [-0.25, -0.2) is 0 Å². The van der Waals surface area contributed by atoms with Crippen LogP contribution in [0.25, 0.3) is 0 Å². The fourth-order valence-corrected chi connectivity index (χ4v) is 3.84. The zero-order valence-electron chi connectivity index (χ0n) is 17.8. The van der Waals surface area contributed by atoms with Crippen LogP contribution < -0.4 is 4.90 Å². The average molecular weight is 532 g/mol. The van der Waals surface area contributed by atoms with E-state index >= 15 is 0 Å². The molecule has 8 heteroatoms. The molecule has 1 heterocycles. The molecule has 1 nitrogen and oxygen atoms in total. The fraction of sp³-hybridized carbons (Fsp3) is 1.00. The number of hydrogen-bond acceptors (Lipinski definition) is 0. The molecular weight excluding hydrogens is 490 g/mol. The van der Waals surface area contributed by atoms with Gasteiger partial charge in [-0.3, -0.25) is 0 Å². The van der Waals surface area contributed by atoms with Crippen LogP contribution in [0.15, 0.2) is 0 Å². The van der Waals surface area contributed by atoms with Crippen molar-refractivity contribution in [3.63, 3.8) is 0 Å². The molecule has 1 aliphatic rings. The van der Waals surface area contributed by atoms with Crippen LogP contribution in [0.4, 0.5) is 16.9 Å². The Labute approximate surface area is 170 Å². The molecule has 0 aromatic carbocycles. The van der Waals surface area contributed by atoms with E-state index in [0.29, 0.717) is 0 Å². The topological polar surface area (TPSA) is 4.44 Å². The molecule has 0 amide bonds. The van der Waals surface area contributed by atoms with E-state index in [9.17, 15) is 16.9 Å². The molecule has 0 radical (unpaired) electrons. The van der Waals surface area contributed by atoms with E-state index in [1.54, 1.807) is 0 Å². The third-order valence-electron chi connectivity index (χ3n) is 5.25. The Morgan fingerprint density at radius 1 is 0.714 bits per heavy atom. The summed E-state index contributed by atoms with van der Waals surface area (Å²) < 4.78 is 59.6. The molecule has 2 unspecified atom stereocenters. The Hall–Kier alpha value is 0.358. The predicted molar refractivity (Wildman–Crippen MR) is 107 cm³/mol. The minimum atomic E-state index is -11.2. The molecule has 1 aliphatic heterocycles. The van der Waals surface area contributed by atoms with Gasteiger partial charge in [0.1, 0.15) is 0 Å². The number of rotatable bonds is 13. The van der Waals surface area contributed by atoms with Crippen molar-refractivity contribution < 1.29 is 21.8 Å². The van der Waals surface area contributed by atoms with Gasteiger partial charge in [-0.05, 0) is 25.7 Å². The number of quaternary nitrogens is 1. The zero-order chi connectivity index (χ0) is 21.6. The molecule has 1 fully saturated rings. The van der Waals surface area contributed by atoms with E-state index < -0.39 is 19.5 Å². The average Bonchev–Trinajstić information content (AvgIpc) is 2.53. The van der Waals surface area contributed by atoms with Crippen LogP contribution in [0.1, 0.15) is 104 Å². The van der Waals surface area contributed by atoms with Crippen LogP contribution in [0.3, 0.4) is 0 Å². The fourth-order valence-electron chi connectivity index (χ4n) is 3.84. The van der Waals surface area contributed by atoms with Gasteiger partial charge in [0.25, 0.3) is 0 Å². The number of piperidine rings is 1. The standard InChI is InChI=1S/C20H41N.6FH.Sb/c1-3-4-5-6-7-8-9-10-11-12-13-14-17-21-18-15-16-20(2)19-21;;;;;;;/h20H,3-19H2,1-2H3;6*1H;/q;;;;;;;+5/p-5. The van der Waals surface area contributed by atoms with Crippen molar-refractivity contribution in [3.05, 3.63) is 0 Å². The van der Waals surface area contributed by atoms with Crippen LogP contribution in [0, 0.1) is 5.92 Å². The first kappa shape index (κ1) is 28.4. The van der Waals surface area contributed by atoms with Gasteiger partial charge in [0.15, 0.2) is 0 Å². The van der Waals surface area contributed by atoms with Gasteiger partial charge in [-0.15, -0.1) is 0 Å². The van der Waals surface area contributed by atoms with Crippen molar-refractivity contribution in [2.24, 2.45) is 5.92 Å². The molecule has 0 aromatic heterocycles. The van der Waals surface area contributed by atoms with Crippen LogP contribution in [-0.2, 0) is 0 Å². The minimum absolute atomic E-state index is 0.978. The van der Waals surface area contributed by atoms with E-state index in [0.717, 1.165) is 5.92 Å². The van der Waals surface area contributed by atoms with Crippen molar-refractivity contribution in [1.82, 2.24) is 0 Å². The summed E-state index contributed by atoms with van der Waals surface area (Å²) in [5.74, 6) is 0.978. The zero-order valence-corrected chi connectivity index (χ0v) is 20.4. The first-order chi connectivity index (χ1) is 12.8. The van der Waals surface area contributed by atoms with Crippen LogP contribution in [-0.4, -0.2) is 39.1 Å². The maximum absolute atomic E-state index is 11.2. The SMILES string of the molecule is CCCCCCCCCCCCCC[NH+]1CCCC(C)C1.[F][Sb-]([F])([F])([F])([F])[F]. The summed E-state index contributed by atoms with van der Waals surface area (Å²) in [7, 11) is 0. The van der Waals surface area contributed by atoms with Crippen molar-refractivity contribution in [2.75, 3.05) is 19.6 Å². The summed E-state index contributed by atoms with van der Waals surface area (Å²) in [6, 6.07) is 0. The van der Waals surface area contributed by atoms with Crippen LogP contribution in [0.2, 0.25) is 0 Å². The number of likely N-dealkylation sites (tertiary alicyclic amines) is 1. The van der Waals surface area contributed by atoms with Gasteiger partial charge in [0, 0.05) is 5.92 Å². The quantitative estimate of drug-likeness (QED) is 0.146. The number of halogens is 6. The molecule has 1 rings (SSSR count). The normalized spacial score (nSPS) is 22.7. The summed E-state index contributed by atoms with van der Waals surface area (Å²) >= 11 is -11.2. The van der Waals surface area contributed by atoms with Gasteiger partial charge in [-0.2, -0.15) is 0 Å². The third kappa shape index (κ3) is 28.6. The van der Waals surface area contributed by atoms with Gasteiger partial charge < -0.3 is 4.90 Å². The van der Waals surface area contributed by atoms with Crippen molar-refractivity contribution in [2.45, 2.75) is 104 Å². The molecule has 28 heavy (non-hydrogen) atoms. The monoisotopic (exact) mass is 531 g/mol. The summed E-state index contributed by atoms with van der Waals surface area (Å²) in [6.45, 7) is 9.07. The Bertz CT molecular complexity index is 373. The van der Waals surface area contributed by atoms with Crippen molar-refractivity contribution >= 4 is 19.5 Å². The molecule has 2 atom stereocenters. The molecule has 0 spiro atoms. The Morgan fingerprint density at radius 2 is 1.11 bits per heavy atom. The van der Waals surface area contributed by atoms with Gasteiger partial charge in [0.05, 0.1) is 19.6 Å². The van der Waals surface area contributed by atoms with E-state index in [2.05, 4.69) is 13.8 Å². The third-order valence-corrected chi connectivity index (χ3v) is 5.25. The van der Waals surface area contributed by atoms with E-state index in [4.69, 9.17) is 0 Å². The second-order valence-electron chi connectivity index (χ2n) is 8.55. The van der Waals surface area contributed by atoms with Crippen LogP contribution >= 0.6 is 0 Å². The summed E-state index contributed by atoms with van der Waals surface area (Å²) in [5.41, 5.74) is 0. The molecule has 0 aliphatic carbocycles. The van der Waals surface area contributed by atoms with Gasteiger partial charge in [0.2, 0.25) is 0 Å². The molecule has 0 bridgehead atoms. The second-order valence-corrected chi connectivity index (χ2v) is 14.0. The summed E-state index contributed by atoms with van der Waals surface area (Å²) in [5, 5.41) is 0. The predicted octanol–water partition coefficient (Wildman–Crippen LogP) is 7.14. The summed E-state index contributed by atoms with van der Waals surface area (Å²) in [4.78, 5) is 1.89. The van der Waals surface area contributed by atoms with Crippen molar-refractivity contribution in [3.8, 4) is 0 Å². The molecular formula is C20H42F6NSb. The Morgan fingerprint density at radius 3 is 1.50 bits per heavy atom. The van der Waals surface area contributed by atoms with E-state index in [1.807, 2.05) is 4.90 Å². The van der Waals surface area contributed by atoms with Crippen LogP contribution in [0.5, 0.6) is 0 Å². The molecule has 174 valence electrons. The molecule has 1 saturated heterocycles. The Balaban J connectivity index is 0.000000887. The number of hydrogen-bond donors (Lipinski definition) is 1. The number of unbranched alkanes of at least 4 members (excludes halogenated alkanes) is 11. The molecule has 1 N–H and O–H groups in total. The van der Waals surface area contributed by atoms with Gasteiger partial charge in [-0.1, -0.05) is 78.1 Å². The molecule has 0 saturated carbocycles. The van der Waals surface area contributed by atoms with Gasteiger partial charge >= 0.3 is 36.4 Å². The Kier molecular flexibility index (Phi) is 13.1. The van der Waals surface area contributed by atoms with E-state index in [1.165, 1.54) is 110 Å². The first-order valence-electron chi connectivity index (χ1n) is 11.2. The number of nitrogens with one attached hydrogen (secondary N) is 1. The second kappa shape index (κ2) is 12.9. The maximum atomic E-state index is 9.93. The van der Waals surface area contributed by atoms with E-state index in [-0.39, 0.29) is 0 Å². The summed E-state index contributed by atoms with van der Waals surface area (Å²) in [6.07, 6.45) is 20.6. The molecule has 0 aromatic rings. The first-order valence-corrected chi connectivity index (χ1v) is 17.0.